The molecule has 2 rings (SSSR count). The molecule has 0 aliphatic carbocycles. The van der Waals surface area contributed by atoms with E-state index in [9.17, 15) is 4.79 Å². The van der Waals surface area contributed by atoms with Gasteiger partial charge in [0.25, 0.3) is 0 Å². The second-order valence-corrected chi connectivity index (χ2v) is 4.65. The summed E-state index contributed by atoms with van der Waals surface area (Å²) in [7, 11) is 0. The number of carbonyl (C=O) groups excluding carboxylic acids is 1. The van der Waals surface area contributed by atoms with Crippen molar-refractivity contribution in [2.24, 2.45) is 0 Å². The molecule has 0 bridgehead atoms. The third kappa shape index (κ3) is 3.21. The minimum Gasteiger partial charge on any atom is -0.306 e. The molecule has 2 amide bonds. The fourth-order valence-corrected chi connectivity index (χ4v) is 2.07. The number of anilines is 2. The van der Waals surface area contributed by atoms with Crippen molar-refractivity contribution in [2.75, 3.05) is 10.6 Å². The topological polar surface area (TPSA) is 64.9 Å². The van der Waals surface area contributed by atoms with E-state index < -0.39 is 6.03 Å². The third-order valence-corrected chi connectivity index (χ3v) is 3.13. The van der Waals surface area contributed by atoms with Crippen molar-refractivity contribution in [3.8, 4) is 6.07 Å². The average molecular weight is 306 g/mol. The van der Waals surface area contributed by atoms with E-state index in [1.807, 2.05) is 6.07 Å². The number of hydrogen-bond acceptors (Lipinski definition) is 2. The van der Waals surface area contributed by atoms with Crippen molar-refractivity contribution in [3.05, 3.63) is 58.1 Å². The SMILES string of the molecule is N#Cc1ccccc1NC(=O)Nc1c(Cl)cccc1Cl. The third-order valence-electron chi connectivity index (χ3n) is 2.50. The number of carbonyl (C=O) groups is 1. The van der Waals surface area contributed by atoms with E-state index in [4.69, 9.17) is 28.5 Å². The van der Waals surface area contributed by atoms with Gasteiger partial charge in [-0.05, 0) is 24.3 Å². The van der Waals surface area contributed by atoms with Gasteiger partial charge in [-0.15, -0.1) is 0 Å². The van der Waals surface area contributed by atoms with Crippen LogP contribution in [-0.2, 0) is 0 Å². The Morgan fingerprint density at radius 2 is 1.65 bits per heavy atom. The number of para-hydroxylation sites is 2. The molecule has 0 heterocycles. The minimum atomic E-state index is -0.525. The van der Waals surface area contributed by atoms with Crippen molar-refractivity contribution >= 4 is 40.6 Å². The zero-order chi connectivity index (χ0) is 14.5. The highest BCUT2D eigenvalue weighted by molar-refractivity contribution is 6.39. The van der Waals surface area contributed by atoms with Gasteiger partial charge in [-0.3, -0.25) is 0 Å². The van der Waals surface area contributed by atoms with Crippen LogP contribution in [0.25, 0.3) is 0 Å². The lowest BCUT2D eigenvalue weighted by Crippen LogP contribution is -2.20. The number of hydrogen-bond donors (Lipinski definition) is 2. The molecule has 4 nitrogen and oxygen atoms in total. The zero-order valence-electron chi connectivity index (χ0n) is 10.2. The van der Waals surface area contributed by atoms with E-state index in [1.165, 1.54) is 0 Å². The fourth-order valence-electron chi connectivity index (χ4n) is 1.57. The summed E-state index contributed by atoms with van der Waals surface area (Å²) in [5.41, 5.74) is 1.10. The smallest absolute Gasteiger partial charge is 0.306 e. The van der Waals surface area contributed by atoms with E-state index >= 15 is 0 Å². The lowest BCUT2D eigenvalue weighted by atomic mass is 10.2. The molecule has 0 aliphatic heterocycles. The number of halogens is 2. The molecule has 2 aromatic carbocycles. The number of rotatable bonds is 2. The predicted molar refractivity (Wildman–Crippen MR) is 80.3 cm³/mol. The largest absolute Gasteiger partial charge is 0.323 e. The van der Waals surface area contributed by atoms with Gasteiger partial charge in [-0.2, -0.15) is 5.26 Å². The van der Waals surface area contributed by atoms with Crippen LogP contribution in [0.3, 0.4) is 0 Å². The fraction of sp³-hybridized carbons (Fsp3) is 0. The molecule has 6 heteroatoms. The maximum absolute atomic E-state index is 11.9. The summed E-state index contributed by atoms with van der Waals surface area (Å²) < 4.78 is 0. The van der Waals surface area contributed by atoms with Crippen LogP contribution in [0.4, 0.5) is 16.2 Å². The van der Waals surface area contributed by atoms with Gasteiger partial charge < -0.3 is 10.6 Å². The molecule has 0 radical (unpaired) electrons. The number of nitrogens with zero attached hydrogens (tertiary/aromatic N) is 1. The van der Waals surface area contributed by atoms with Crippen LogP contribution in [0.15, 0.2) is 42.5 Å². The molecule has 0 saturated heterocycles. The number of nitriles is 1. The summed E-state index contributed by atoms with van der Waals surface area (Å²) in [6.45, 7) is 0. The number of amides is 2. The molecule has 0 saturated carbocycles. The van der Waals surface area contributed by atoms with E-state index in [-0.39, 0.29) is 0 Å². The molecule has 2 N–H and O–H groups in total. The van der Waals surface area contributed by atoms with E-state index in [2.05, 4.69) is 10.6 Å². The molecule has 0 unspecified atom stereocenters. The Labute approximate surface area is 125 Å². The second kappa shape index (κ2) is 6.29. The summed E-state index contributed by atoms with van der Waals surface area (Å²) in [5, 5.41) is 14.7. The van der Waals surface area contributed by atoms with Crippen molar-refractivity contribution in [1.29, 1.82) is 5.26 Å². The lowest BCUT2D eigenvalue weighted by molar-refractivity contribution is 0.262. The van der Waals surface area contributed by atoms with Crippen LogP contribution in [0, 0.1) is 11.3 Å². The van der Waals surface area contributed by atoms with Gasteiger partial charge in [-0.25, -0.2) is 4.79 Å². The molecule has 100 valence electrons. The Balaban J connectivity index is 2.16. The number of nitrogens with one attached hydrogen (secondary N) is 2. The van der Waals surface area contributed by atoms with Crippen LogP contribution in [0.1, 0.15) is 5.56 Å². The Bertz CT molecular complexity index is 675. The van der Waals surface area contributed by atoms with E-state index in [0.717, 1.165) is 0 Å². The minimum absolute atomic E-state index is 0.322. The van der Waals surface area contributed by atoms with Crippen LogP contribution in [0.2, 0.25) is 10.0 Å². The van der Waals surface area contributed by atoms with Gasteiger partial charge in [0.1, 0.15) is 6.07 Å². The van der Waals surface area contributed by atoms with Crippen molar-refractivity contribution in [1.82, 2.24) is 0 Å². The predicted octanol–water partition coefficient (Wildman–Crippen LogP) is 4.51. The highest BCUT2D eigenvalue weighted by atomic mass is 35.5. The van der Waals surface area contributed by atoms with Gasteiger partial charge in [0.15, 0.2) is 0 Å². The molecule has 20 heavy (non-hydrogen) atoms. The molecule has 0 aliphatic rings. The first-order valence-electron chi connectivity index (χ1n) is 5.63. The Morgan fingerprint density at radius 3 is 2.30 bits per heavy atom. The lowest BCUT2D eigenvalue weighted by Gasteiger charge is -2.11. The van der Waals surface area contributed by atoms with Gasteiger partial charge in [0.05, 0.1) is 27.0 Å². The highest BCUT2D eigenvalue weighted by Gasteiger charge is 2.10. The zero-order valence-corrected chi connectivity index (χ0v) is 11.7. The van der Waals surface area contributed by atoms with Crippen molar-refractivity contribution in [2.45, 2.75) is 0 Å². The quantitative estimate of drug-likeness (QED) is 0.857. The van der Waals surface area contributed by atoms with Gasteiger partial charge in [0.2, 0.25) is 0 Å². The molecule has 0 spiro atoms. The first kappa shape index (κ1) is 14.2. The molecule has 0 atom stereocenters. The van der Waals surface area contributed by atoms with E-state index in [0.29, 0.717) is 27.0 Å². The highest BCUT2D eigenvalue weighted by Crippen LogP contribution is 2.29. The number of benzene rings is 2. The van der Waals surface area contributed by atoms with Crippen LogP contribution in [-0.4, -0.2) is 6.03 Å². The maximum Gasteiger partial charge on any atom is 0.323 e. The van der Waals surface area contributed by atoms with E-state index in [1.54, 1.807) is 42.5 Å². The summed E-state index contributed by atoms with van der Waals surface area (Å²) in [5.74, 6) is 0. The molecule has 0 fully saturated rings. The maximum atomic E-state index is 11.9. The summed E-state index contributed by atoms with van der Waals surface area (Å²) in [4.78, 5) is 11.9. The summed E-state index contributed by atoms with van der Waals surface area (Å²) >= 11 is 11.9. The standard InChI is InChI=1S/C14H9Cl2N3O/c15-10-5-3-6-11(16)13(10)19-14(20)18-12-7-2-1-4-9(12)8-17/h1-7H,(H2,18,19,20). The second-order valence-electron chi connectivity index (χ2n) is 3.83. The van der Waals surface area contributed by atoms with Gasteiger partial charge in [-0.1, -0.05) is 41.4 Å². The monoisotopic (exact) mass is 305 g/mol. The summed E-state index contributed by atoms with van der Waals surface area (Å²) in [6, 6.07) is 13.1. The Hall–Kier alpha value is -2.22. The van der Waals surface area contributed by atoms with Gasteiger partial charge >= 0.3 is 6.03 Å². The van der Waals surface area contributed by atoms with Crippen LogP contribution in [0.5, 0.6) is 0 Å². The Morgan fingerprint density at radius 1 is 1.00 bits per heavy atom. The first-order valence-corrected chi connectivity index (χ1v) is 6.38. The molecule has 0 aromatic heterocycles. The number of urea groups is 1. The van der Waals surface area contributed by atoms with Crippen LogP contribution < -0.4 is 10.6 Å². The van der Waals surface area contributed by atoms with Crippen molar-refractivity contribution in [3.63, 3.8) is 0 Å². The van der Waals surface area contributed by atoms with Crippen molar-refractivity contribution < 1.29 is 4.79 Å². The molecular weight excluding hydrogens is 297 g/mol. The van der Waals surface area contributed by atoms with Gasteiger partial charge in [0, 0.05) is 0 Å². The van der Waals surface area contributed by atoms with Crippen LogP contribution >= 0.6 is 23.2 Å². The normalized spacial score (nSPS) is 9.65. The molecular formula is C14H9Cl2N3O. The first-order chi connectivity index (χ1) is 9.61. The molecule has 2 aromatic rings. The Kier molecular flexibility index (Phi) is 4.46. The summed E-state index contributed by atoms with van der Waals surface area (Å²) in [6.07, 6.45) is 0. The average Bonchev–Trinajstić information content (AvgIpc) is 2.44.